The fourth-order valence-electron chi connectivity index (χ4n) is 2.81. The lowest BCUT2D eigenvalue weighted by Crippen LogP contribution is -2.37. The molecule has 1 fully saturated rings. The lowest BCUT2D eigenvalue weighted by atomic mass is 9.80. The summed E-state index contributed by atoms with van der Waals surface area (Å²) in [7, 11) is 0. The number of nitrogens with one attached hydrogen (secondary N) is 1. The van der Waals surface area contributed by atoms with Gasteiger partial charge in [0.05, 0.1) is 29.5 Å². The van der Waals surface area contributed by atoms with Crippen molar-refractivity contribution < 1.29 is 14.3 Å². The minimum atomic E-state index is -0.371. The molecule has 0 aromatic carbocycles. The summed E-state index contributed by atoms with van der Waals surface area (Å²) in [6.45, 7) is 0. The number of allylic oxidation sites excluding steroid dienone is 1. The lowest BCUT2D eigenvalue weighted by Gasteiger charge is -2.33. The van der Waals surface area contributed by atoms with Crippen LogP contribution in [-0.2, 0) is 9.53 Å². The van der Waals surface area contributed by atoms with Crippen LogP contribution in [0.25, 0.3) is 0 Å². The van der Waals surface area contributed by atoms with E-state index in [1.165, 1.54) is 18.7 Å². The number of Topliss-reactive ketones (excluding diaryl/α,β-unsaturated/α-hetero) is 1. The molecule has 1 aromatic rings. The zero-order valence-electron chi connectivity index (χ0n) is 12.1. The molecule has 2 unspecified atom stereocenters. The molecule has 0 spiro atoms. The Morgan fingerprint density at radius 1 is 1.41 bits per heavy atom. The van der Waals surface area contributed by atoms with Crippen molar-refractivity contribution in [2.75, 3.05) is 0 Å². The average molecular weight is 299 g/mol. The molecule has 1 aromatic heterocycles. The maximum absolute atomic E-state index is 12.3. The number of aromatic nitrogens is 1. The van der Waals surface area contributed by atoms with E-state index in [4.69, 9.17) is 4.74 Å². The number of amides is 1. The monoisotopic (exact) mass is 299 g/mol. The molecular weight excluding hydrogens is 282 g/mol. The summed E-state index contributed by atoms with van der Waals surface area (Å²) in [6, 6.07) is 3.31. The predicted molar refractivity (Wildman–Crippen MR) is 80.1 cm³/mol. The number of fused-ring (bicyclic) bond motifs is 1. The van der Waals surface area contributed by atoms with Gasteiger partial charge in [0.2, 0.25) is 0 Å². The molecule has 1 N–H and O–H groups in total. The number of pyridine rings is 1. The number of hydrogen-bond acceptors (Lipinski definition) is 5. The molecular formula is C16H17N3O3. The molecule has 6 nitrogen and oxygen atoms in total. The van der Waals surface area contributed by atoms with Crippen molar-refractivity contribution in [1.29, 1.82) is 0 Å². The second-order valence-electron chi connectivity index (χ2n) is 5.44. The van der Waals surface area contributed by atoms with Crippen LogP contribution in [0, 0.1) is 5.92 Å². The molecule has 2 aliphatic rings. The number of rotatable bonds is 3. The van der Waals surface area contributed by atoms with Crippen molar-refractivity contribution >= 4 is 17.9 Å². The third-order valence-corrected chi connectivity index (χ3v) is 3.99. The molecule has 2 heterocycles. The first-order valence-electron chi connectivity index (χ1n) is 7.39. The highest BCUT2D eigenvalue weighted by Gasteiger charge is 2.36. The summed E-state index contributed by atoms with van der Waals surface area (Å²) in [4.78, 5) is 28.0. The summed E-state index contributed by atoms with van der Waals surface area (Å²) in [5.74, 6) is -0.394. The Hall–Kier alpha value is -2.50. The zero-order valence-corrected chi connectivity index (χ0v) is 12.1. The standard InChI is InChI=1S/C16H17N3O3/c20-15-12(10-22-14-6-2-1-5-13(14)15)9-18-19-16(21)11-4-3-7-17-8-11/h3-4,7-10,13-14H,1-2,5-6H2,(H,19,21). The Morgan fingerprint density at radius 3 is 3.09 bits per heavy atom. The van der Waals surface area contributed by atoms with E-state index in [-0.39, 0.29) is 23.7 Å². The minimum absolute atomic E-state index is 0.00313. The van der Waals surface area contributed by atoms with Gasteiger partial charge in [-0.25, -0.2) is 5.43 Å². The molecule has 1 aliphatic carbocycles. The van der Waals surface area contributed by atoms with Crippen molar-refractivity contribution in [1.82, 2.24) is 10.4 Å². The van der Waals surface area contributed by atoms with Gasteiger partial charge in [-0.2, -0.15) is 5.10 Å². The summed E-state index contributed by atoms with van der Waals surface area (Å²) in [5, 5.41) is 3.84. The third kappa shape index (κ3) is 3.05. The van der Waals surface area contributed by atoms with Gasteiger partial charge in [-0.15, -0.1) is 0 Å². The quantitative estimate of drug-likeness (QED) is 0.682. The van der Waals surface area contributed by atoms with E-state index in [0.29, 0.717) is 11.1 Å². The Morgan fingerprint density at radius 2 is 2.27 bits per heavy atom. The van der Waals surface area contributed by atoms with Gasteiger partial charge in [-0.05, 0) is 31.4 Å². The van der Waals surface area contributed by atoms with Crippen LogP contribution >= 0.6 is 0 Å². The van der Waals surface area contributed by atoms with Crippen molar-refractivity contribution in [2.45, 2.75) is 31.8 Å². The van der Waals surface area contributed by atoms with E-state index < -0.39 is 0 Å². The maximum Gasteiger partial charge on any atom is 0.272 e. The van der Waals surface area contributed by atoms with E-state index in [9.17, 15) is 9.59 Å². The fraction of sp³-hybridized carbons (Fsp3) is 0.375. The van der Waals surface area contributed by atoms with E-state index in [1.807, 2.05) is 0 Å². The normalized spacial score (nSPS) is 24.4. The number of carbonyl (C=O) groups excluding carboxylic acids is 2. The van der Waals surface area contributed by atoms with Crippen LogP contribution in [0.3, 0.4) is 0 Å². The van der Waals surface area contributed by atoms with Crippen LogP contribution in [0.15, 0.2) is 41.5 Å². The van der Waals surface area contributed by atoms with Crippen molar-refractivity contribution in [3.63, 3.8) is 0 Å². The largest absolute Gasteiger partial charge is 0.496 e. The molecule has 0 radical (unpaired) electrons. The second-order valence-corrected chi connectivity index (χ2v) is 5.44. The maximum atomic E-state index is 12.3. The highest BCUT2D eigenvalue weighted by atomic mass is 16.5. The van der Waals surface area contributed by atoms with Crippen molar-refractivity contribution in [3.8, 4) is 0 Å². The van der Waals surface area contributed by atoms with E-state index >= 15 is 0 Å². The summed E-state index contributed by atoms with van der Waals surface area (Å²) in [6.07, 6.45) is 9.78. The molecule has 6 heteroatoms. The average Bonchev–Trinajstić information content (AvgIpc) is 2.58. The summed E-state index contributed by atoms with van der Waals surface area (Å²) in [5.41, 5.74) is 3.19. The third-order valence-electron chi connectivity index (χ3n) is 3.99. The van der Waals surface area contributed by atoms with Gasteiger partial charge in [-0.1, -0.05) is 6.42 Å². The van der Waals surface area contributed by atoms with Gasteiger partial charge in [0.25, 0.3) is 5.91 Å². The zero-order chi connectivity index (χ0) is 15.4. The summed E-state index contributed by atoms with van der Waals surface area (Å²) < 4.78 is 5.61. The number of ether oxygens (including phenoxy) is 1. The van der Waals surface area contributed by atoms with Crippen LogP contribution in [0.2, 0.25) is 0 Å². The first kappa shape index (κ1) is 14.4. The Balaban J connectivity index is 1.62. The molecule has 0 saturated heterocycles. The van der Waals surface area contributed by atoms with E-state index in [1.54, 1.807) is 18.3 Å². The fourth-order valence-corrected chi connectivity index (χ4v) is 2.81. The highest BCUT2D eigenvalue weighted by Crippen LogP contribution is 2.32. The van der Waals surface area contributed by atoms with E-state index in [2.05, 4.69) is 15.5 Å². The van der Waals surface area contributed by atoms with Crippen molar-refractivity contribution in [3.05, 3.63) is 41.9 Å². The number of ketones is 1. The van der Waals surface area contributed by atoms with Gasteiger partial charge in [0, 0.05) is 12.4 Å². The highest BCUT2D eigenvalue weighted by molar-refractivity contribution is 6.14. The Kier molecular flexibility index (Phi) is 4.27. The number of nitrogens with zero attached hydrogens (tertiary/aromatic N) is 2. The van der Waals surface area contributed by atoms with Gasteiger partial charge in [-0.3, -0.25) is 14.6 Å². The van der Waals surface area contributed by atoms with Crippen LogP contribution in [0.5, 0.6) is 0 Å². The van der Waals surface area contributed by atoms with Gasteiger partial charge in [0.15, 0.2) is 5.78 Å². The van der Waals surface area contributed by atoms with Gasteiger partial charge in [0.1, 0.15) is 6.10 Å². The van der Waals surface area contributed by atoms with Crippen LogP contribution in [0.1, 0.15) is 36.0 Å². The Bertz CT molecular complexity index is 625. The van der Waals surface area contributed by atoms with Crippen molar-refractivity contribution in [2.24, 2.45) is 11.0 Å². The topological polar surface area (TPSA) is 80.6 Å². The van der Waals surface area contributed by atoms with Crippen LogP contribution in [-0.4, -0.2) is 29.0 Å². The first-order chi connectivity index (χ1) is 10.8. The molecule has 3 rings (SSSR count). The number of hydrazone groups is 1. The van der Waals surface area contributed by atoms with Gasteiger partial charge >= 0.3 is 0 Å². The molecule has 1 amide bonds. The molecule has 1 saturated carbocycles. The van der Waals surface area contributed by atoms with Crippen LogP contribution in [0.4, 0.5) is 0 Å². The number of hydrogen-bond donors (Lipinski definition) is 1. The van der Waals surface area contributed by atoms with Crippen LogP contribution < -0.4 is 5.43 Å². The van der Waals surface area contributed by atoms with E-state index in [0.717, 1.165) is 25.7 Å². The summed E-state index contributed by atoms with van der Waals surface area (Å²) >= 11 is 0. The SMILES string of the molecule is O=C(NN=CC1=COC2CCCCC2C1=O)c1cccnc1. The molecule has 0 bridgehead atoms. The molecule has 114 valence electrons. The Labute approximate surface area is 128 Å². The number of carbonyl (C=O) groups is 2. The second kappa shape index (κ2) is 6.51. The molecule has 1 aliphatic heterocycles. The molecule has 2 atom stereocenters. The smallest absolute Gasteiger partial charge is 0.272 e. The first-order valence-corrected chi connectivity index (χ1v) is 7.39. The minimum Gasteiger partial charge on any atom is -0.496 e. The van der Waals surface area contributed by atoms with Gasteiger partial charge < -0.3 is 4.74 Å². The lowest BCUT2D eigenvalue weighted by molar-refractivity contribution is -0.126. The predicted octanol–water partition coefficient (Wildman–Crippen LogP) is 1.84. The molecule has 22 heavy (non-hydrogen) atoms.